The Bertz CT molecular complexity index is 1450. The zero-order valence-electron chi connectivity index (χ0n) is 28.6. The van der Waals surface area contributed by atoms with Crippen LogP contribution in [0.25, 0.3) is 0 Å². The van der Waals surface area contributed by atoms with E-state index in [-0.39, 0.29) is 24.1 Å². The Hall–Kier alpha value is -3.33. The van der Waals surface area contributed by atoms with E-state index >= 15 is 0 Å². The number of aliphatic hydroxyl groups excluding tert-OH is 1. The van der Waals surface area contributed by atoms with E-state index < -0.39 is 0 Å². The predicted octanol–water partition coefficient (Wildman–Crippen LogP) is 6.11. The van der Waals surface area contributed by atoms with Gasteiger partial charge in [-0.15, -0.1) is 13.2 Å². The number of piperidine rings is 2. The van der Waals surface area contributed by atoms with Gasteiger partial charge < -0.3 is 24.1 Å². The highest BCUT2D eigenvalue weighted by atomic mass is 16.5. The number of rotatable bonds is 8. The molecule has 4 aliphatic heterocycles. The van der Waals surface area contributed by atoms with Crippen molar-refractivity contribution in [2.75, 3.05) is 54.6 Å². The maximum atomic E-state index is 12.5. The van der Waals surface area contributed by atoms with Crippen LogP contribution in [0.5, 0.6) is 23.0 Å². The van der Waals surface area contributed by atoms with Gasteiger partial charge in [-0.05, 0) is 92.5 Å². The van der Waals surface area contributed by atoms with E-state index in [0.717, 1.165) is 92.4 Å². The fraction of sp³-hybridized carbons (Fsp3) is 0.553. The van der Waals surface area contributed by atoms with Gasteiger partial charge in [0.25, 0.3) is 0 Å². The summed E-state index contributed by atoms with van der Waals surface area (Å²) in [5, 5.41) is 10.6. The standard InChI is InChI=1S/C19H27NO3.C19H25NO3/c2*1-12(2)7-14-11-20-6-5-13-8-18(22-3)19(23-4)9-15(13)16(20)10-17(14)21/h8-9,14,16-17,21H,1,5-7,10-11H2,2-4H3;8-9,14,16H,1,5-7,10-11H2,2-4H3/t14-,16-,17+;14-,16-/m00/s1. The van der Waals surface area contributed by atoms with Crippen LogP contribution in [0.2, 0.25) is 0 Å². The SMILES string of the molecule is C=C(C)C[C@H]1CN2CCc3cc(OC)c(OC)cc3[C@@H]2CC1=O.C=C(C)C[C@H]1CN2CCc3cc(OC)c(OC)cc3[C@@H]2C[C@H]1O. The molecule has 8 heteroatoms. The third-order valence-electron chi connectivity index (χ3n) is 10.2. The highest BCUT2D eigenvalue weighted by Crippen LogP contribution is 2.44. The number of hydrogen-bond acceptors (Lipinski definition) is 8. The minimum absolute atomic E-state index is 0.102. The number of carbonyl (C=O) groups excluding carboxylic acids is 1. The second kappa shape index (κ2) is 14.6. The van der Waals surface area contributed by atoms with E-state index in [1.807, 2.05) is 13.8 Å². The molecule has 5 atom stereocenters. The van der Waals surface area contributed by atoms with Crippen molar-refractivity contribution in [3.63, 3.8) is 0 Å². The lowest BCUT2D eigenvalue weighted by Gasteiger charge is -2.46. The molecule has 0 unspecified atom stereocenters. The Balaban J connectivity index is 0.000000181. The minimum Gasteiger partial charge on any atom is -0.493 e. The first-order valence-corrected chi connectivity index (χ1v) is 16.5. The van der Waals surface area contributed by atoms with Crippen LogP contribution in [-0.4, -0.2) is 81.4 Å². The van der Waals surface area contributed by atoms with E-state index in [2.05, 4.69) is 47.2 Å². The molecular weight excluding hydrogens is 580 g/mol. The van der Waals surface area contributed by atoms with Crippen molar-refractivity contribution < 1.29 is 28.8 Å². The molecule has 8 nitrogen and oxygen atoms in total. The molecule has 2 fully saturated rings. The van der Waals surface area contributed by atoms with Crippen LogP contribution in [0, 0.1) is 11.8 Å². The third-order valence-corrected chi connectivity index (χ3v) is 10.2. The fourth-order valence-corrected chi connectivity index (χ4v) is 7.95. The van der Waals surface area contributed by atoms with Crippen molar-refractivity contribution in [2.24, 2.45) is 11.8 Å². The summed E-state index contributed by atoms with van der Waals surface area (Å²) in [7, 11) is 6.65. The van der Waals surface area contributed by atoms with Gasteiger partial charge in [-0.25, -0.2) is 0 Å². The molecule has 0 amide bonds. The van der Waals surface area contributed by atoms with Crippen LogP contribution in [0.4, 0.5) is 0 Å². The number of fused-ring (bicyclic) bond motifs is 6. The van der Waals surface area contributed by atoms with E-state index in [4.69, 9.17) is 18.9 Å². The monoisotopic (exact) mass is 632 g/mol. The van der Waals surface area contributed by atoms with Gasteiger partial charge in [0.15, 0.2) is 23.0 Å². The number of aliphatic hydroxyl groups is 1. The molecule has 0 bridgehead atoms. The summed E-state index contributed by atoms with van der Waals surface area (Å²) in [5.74, 6) is 3.82. The van der Waals surface area contributed by atoms with Gasteiger partial charge in [0.2, 0.25) is 0 Å². The number of hydrogen-bond donors (Lipinski definition) is 1. The Morgan fingerprint density at radius 2 is 1.24 bits per heavy atom. The maximum absolute atomic E-state index is 12.5. The zero-order valence-corrected chi connectivity index (χ0v) is 28.6. The second-order valence-corrected chi connectivity index (χ2v) is 13.6. The van der Waals surface area contributed by atoms with Crippen molar-refractivity contribution in [2.45, 2.75) is 70.6 Å². The van der Waals surface area contributed by atoms with Gasteiger partial charge in [-0.2, -0.15) is 0 Å². The van der Waals surface area contributed by atoms with Crippen molar-refractivity contribution in [3.8, 4) is 23.0 Å². The van der Waals surface area contributed by atoms with E-state index in [1.165, 1.54) is 22.3 Å². The van der Waals surface area contributed by atoms with Crippen LogP contribution in [-0.2, 0) is 17.6 Å². The summed E-state index contributed by atoms with van der Waals surface area (Å²) in [6, 6.07) is 8.75. The molecule has 46 heavy (non-hydrogen) atoms. The number of ketones is 1. The van der Waals surface area contributed by atoms with E-state index in [0.29, 0.717) is 18.1 Å². The number of methoxy groups -OCH3 is 4. The Morgan fingerprint density at radius 1 is 0.761 bits per heavy atom. The van der Waals surface area contributed by atoms with Crippen LogP contribution in [0.3, 0.4) is 0 Å². The minimum atomic E-state index is -0.271. The number of allylic oxidation sites excluding steroid dienone is 2. The highest BCUT2D eigenvalue weighted by molar-refractivity contribution is 5.83. The van der Waals surface area contributed by atoms with Crippen molar-refractivity contribution >= 4 is 5.78 Å². The summed E-state index contributed by atoms with van der Waals surface area (Å²) >= 11 is 0. The molecule has 6 rings (SSSR count). The molecule has 250 valence electrons. The number of nitrogens with zero attached hydrogens (tertiary/aromatic N) is 2. The van der Waals surface area contributed by atoms with Gasteiger partial charge in [-0.3, -0.25) is 14.6 Å². The molecule has 0 spiro atoms. The van der Waals surface area contributed by atoms with Crippen LogP contribution >= 0.6 is 0 Å². The van der Waals surface area contributed by atoms with E-state index in [1.54, 1.807) is 28.4 Å². The summed E-state index contributed by atoms with van der Waals surface area (Å²) in [6.07, 6.45) is 4.81. The molecule has 2 aromatic rings. The molecule has 0 saturated carbocycles. The van der Waals surface area contributed by atoms with Gasteiger partial charge in [0.1, 0.15) is 5.78 Å². The summed E-state index contributed by atoms with van der Waals surface area (Å²) in [4.78, 5) is 17.5. The molecule has 0 radical (unpaired) electrons. The van der Waals surface area contributed by atoms with Crippen molar-refractivity contribution in [1.82, 2.24) is 9.80 Å². The van der Waals surface area contributed by atoms with E-state index in [9.17, 15) is 9.90 Å². The Labute approximate surface area is 275 Å². The van der Waals surface area contributed by atoms with Gasteiger partial charge >= 0.3 is 0 Å². The Morgan fingerprint density at radius 3 is 1.74 bits per heavy atom. The van der Waals surface area contributed by atoms with Crippen molar-refractivity contribution in [1.29, 1.82) is 0 Å². The first kappa shape index (κ1) is 34.0. The average Bonchev–Trinajstić information content (AvgIpc) is 3.04. The highest BCUT2D eigenvalue weighted by Gasteiger charge is 2.39. The normalized spacial score (nSPS) is 25.5. The summed E-state index contributed by atoms with van der Waals surface area (Å²) in [6.45, 7) is 15.8. The van der Waals surface area contributed by atoms with Gasteiger partial charge in [0, 0.05) is 56.5 Å². The molecule has 2 saturated heterocycles. The smallest absolute Gasteiger partial charge is 0.161 e. The number of ether oxygens (including phenoxy) is 4. The largest absolute Gasteiger partial charge is 0.493 e. The van der Waals surface area contributed by atoms with Crippen molar-refractivity contribution in [3.05, 3.63) is 70.8 Å². The lowest BCUT2D eigenvalue weighted by molar-refractivity contribution is -0.128. The third kappa shape index (κ3) is 7.14. The summed E-state index contributed by atoms with van der Waals surface area (Å²) < 4.78 is 21.7. The molecule has 0 aromatic heterocycles. The van der Waals surface area contributed by atoms with Gasteiger partial charge in [-0.1, -0.05) is 11.1 Å². The molecule has 1 N–H and O–H groups in total. The quantitative estimate of drug-likeness (QED) is 0.350. The van der Waals surface area contributed by atoms with Crippen LogP contribution in [0.1, 0.15) is 73.9 Å². The predicted molar refractivity (Wildman–Crippen MR) is 181 cm³/mol. The number of benzene rings is 2. The first-order chi connectivity index (χ1) is 22.1. The summed E-state index contributed by atoms with van der Waals surface area (Å²) in [5.41, 5.74) is 7.32. The zero-order chi connectivity index (χ0) is 33.1. The molecule has 4 heterocycles. The molecule has 0 aliphatic carbocycles. The Kier molecular flexibility index (Phi) is 10.8. The average molecular weight is 633 g/mol. The molecule has 2 aromatic carbocycles. The van der Waals surface area contributed by atoms with Crippen LogP contribution in [0.15, 0.2) is 48.6 Å². The maximum Gasteiger partial charge on any atom is 0.161 e. The molecular formula is C38H52N2O6. The lowest BCUT2D eigenvalue weighted by atomic mass is 9.80. The second-order valence-electron chi connectivity index (χ2n) is 13.6. The van der Waals surface area contributed by atoms with Gasteiger partial charge in [0.05, 0.1) is 34.5 Å². The topological polar surface area (TPSA) is 80.7 Å². The molecule has 4 aliphatic rings. The lowest BCUT2D eigenvalue weighted by Crippen LogP contribution is -2.48. The number of carbonyl (C=O) groups is 1. The first-order valence-electron chi connectivity index (χ1n) is 16.5. The number of Topliss-reactive ketones (excluding diaryl/α,β-unsaturated/α-hetero) is 1. The fourth-order valence-electron chi connectivity index (χ4n) is 7.95. The van der Waals surface area contributed by atoms with Crippen LogP contribution < -0.4 is 18.9 Å².